The number of alkyl halides is 3. The van der Waals surface area contributed by atoms with Crippen LogP contribution in [-0.4, -0.2) is 48.8 Å². The highest BCUT2D eigenvalue weighted by molar-refractivity contribution is 7.92. The zero-order valence-corrected chi connectivity index (χ0v) is 21.6. The van der Waals surface area contributed by atoms with Crippen LogP contribution in [0.25, 0.3) is 10.4 Å². The number of nitrogens with one attached hydrogen (secondary N) is 2. The molecule has 0 aliphatic rings. The largest absolute Gasteiger partial charge is 0.490 e. The van der Waals surface area contributed by atoms with Crippen molar-refractivity contribution in [2.45, 2.75) is 44.8 Å². The smallest absolute Gasteiger partial charge is 0.480 e. The molecule has 2 aromatic heterocycles. The zero-order valence-electron chi connectivity index (χ0n) is 20.0. The van der Waals surface area contributed by atoms with E-state index in [0.29, 0.717) is 5.56 Å². The van der Waals surface area contributed by atoms with Gasteiger partial charge in [-0.1, -0.05) is 23.5 Å². The van der Waals surface area contributed by atoms with Crippen molar-refractivity contribution >= 4 is 38.1 Å². The van der Waals surface area contributed by atoms with Gasteiger partial charge in [0, 0.05) is 12.2 Å². The first-order chi connectivity index (χ1) is 16.7. The minimum Gasteiger partial charge on any atom is -0.480 e. The number of pyridine rings is 1. The molecule has 2 heterocycles. The second-order valence-corrected chi connectivity index (χ2v) is 10.3. The molecule has 0 bridgehead atoms. The summed E-state index contributed by atoms with van der Waals surface area (Å²) in [6, 6.07) is 8.92. The molecule has 0 aliphatic heterocycles. The van der Waals surface area contributed by atoms with Crippen LogP contribution in [0.15, 0.2) is 41.4 Å². The van der Waals surface area contributed by atoms with Crippen LogP contribution in [-0.2, 0) is 14.8 Å². The summed E-state index contributed by atoms with van der Waals surface area (Å²) in [5, 5.41) is 11.2. The van der Waals surface area contributed by atoms with Crippen molar-refractivity contribution in [3.8, 4) is 16.3 Å². The maximum absolute atomic E-state index is 13.1. The number of thiazole rings is 1. The third-order valence-corrected chi connectivity index (χ3v) is 7.05. The van der Waals surface area contributed by atoms with Crippen molar-refractivity contribution in [2.75, 3.05) is 17.1 Å². The minimum atomic E-state index is -5.08. The fraction of sp³-hybridized carbons (Fsp3) is 0.318. The van der Waals surface area contributed by atoms with Crippen molar-refractivity contribution in [3.05, 3.63) is 47.8 Å². The maximum Gasteiger partial charge on any atom is 0.490 e. The first-order valence-electron chi connectivity index (χ1n) is 10.3. The molecule has 196 valence electrons. The minimum absolute atomic E-state index is 0.201. The Kier molecular flexibility index (Phi) is 9.26. The van der Waals surface area contributed by atoms with Crippen LogP contribution < -0.4 is 14.8 Å². The molecule has 1 aromatic carbocycles. The number of benzene rings is 1. The maximum atomic E-state index is 13.1. The number of nitrogens with zero attached hydrogens (tertiary/aromatic N) is 2. The second-order valence-electron chi connectivity index (χ2n) is 7.68. The highest BCUT2D eigenvalue weighted by atomic mass is 32.2. The zero-order chi connectivity index (χ0) is 27.3. The summed E-state index contributed by atoms with van der Waals surface area (Å²) in [4.78, 5) is 18.6. The van der Waals surface area contributed by atoms with Gasteiger partial charge in [0.25, 0.3) is 10.0 Å². The molecular formula is C22H25F3N4O5S2. The van der Waals surface area contributed by atoms with Gasteiger partial charge in [-0.05, 0) is 57.0 Å². The molecule has 0 atom stereocenters. The molecule has 36 heavy (non-hydrogen) atoms. The van der Waals surface area contributed by atoms with Gasteiger partial charge < -0.3 is 15.2 Å². The number of sulfonamides is 1. The molecule has 9 nitrogen and oxygen atoms in total. The summed E-state index contributed by atoms with van der Waals surface area (Å²) in [6.07, 6.45) is -3.54. The van der Waals surface area contributed by atoms with Gasteiger partial charge >= 0.3 is 12.1 Å². The number of carbonyl (C=O) groups is 1. The number of carboxylic acid groups (broad SMARTS) is 1. The van der Waals surface area contributed by atoms with Crippen LogP contribution in [0.4, 0.5) is 24.0 Å². The van der Waals surface area contributed by atoms with Gasteiger partial charge in [0.2, 0.25) is 5.88 Å². The van der Waals surface area contributed by atoms with Crippen LogP contribution in [0.2, 0.25) is 0 Å². The highest BCUT2D eigenvalue weighted by Gasteiger charge is 2.38. The van der Waals surface area contributed by atoms with Crippen LogP contribution >= 0.6 is 11.3 Å². The lowest BCUT2D eigenvalue weighted by Crippen LogP contribution is -2.21. The monoisotopic (exact) mass is 546 g/mol. The first-order valence-corrected chi connectivity index (χ1v) is 12.6. The van der Waals surface area contributed by atoms with Crippen LogP contribution in [0.3, 0.4) is 0 Å². The number of methoxy groups -OCH3 is 1. The number of hydrogen-bond acceptors (Lipinski definition) is 8. The van der Waals surface area contributed by atoms with Crippen molar-refractivity contribution in [3.63, 3.8) is 0 Å². The molecule has 0 radical (unpaired) electrons. The van der Waals surface area contributed by atoms with E-state index in [1.165, 1.54) is 24.6 Å². The lowest BCUT2D eigenvalue weighted by molar-refractivity contribution is -0.192. The average Bonchev–Trinajstić information content (AvgIpc) is 3.13. The van der Waals surface area contributed by atoms with Crippen molar-refractivity contribution in [2.24, 2.45) is 0 Å². The number of hydrogen-bond donors (Lipinski definition) is 3. The molecule has 0 aliphatic carbocycles. The fourth-order valence-corrected chi connectivity index (χ4v) is 5.27. The normalized spacial score (nSPS) is 11.5. The van der Waals surface area contributed by atoms with Crippen molar-refractivity contribution in [1.29, 1.82) is 0 Å². The predicted octanol–water partition coefficient (Wildman–Crippen LogP) is 5.08. The Labute approximate surface area is 210 Å². The number of halogens is 3. The Bertz CT molecular complexity index is 1330. The molecule has 3 rings (SSSR count). The fourth-order valence-electron chi connectivity index (χ4n) is 2.83. The Morgan fingerprint density at radius 1 is 1.19 bits per heavy atom. The van der Waals surface area contributed by atoms with E-state index in [-0.39, 0.29) is 22.5 Å². The van der Waals surface area contributed by atoms with Gasteiger partial charge in [-0.2, -0.15) is 13.2 Å². The van der Waals surface area contributed by atoms with E-state index in [2.05, 4.69) is 20.0 Å². The van der Waals surface area contributed by atoms with Gasteiger partial charge in [-0.15, -0.1) is 0 Å². The van der Waals surface area contributed by atoms with Crippen molar-refractivity contribution in [1.82, 2.24) is 9.97 Å². The highest BCUT2D eigenvalue weighted by Crippen LogP contribution is 2.35. The lowest BCUT2D eigenvalue weighted by atomic mass is 10.1. The molecule has 0 unspecified atom stereocenters. The summed E-state index contributed by atoms with van der Waals surface area (Å²) < 4.78 is 65.6. The van der Waals surface area contributed by atoms with Crippen molar-refractivity contribution < 1.29 is 36.2 Å². The summed E-state index contributed by atoms with van der Waals surface area (Å²) >= 11 is 1.51. The molecule has 0 saturated carbocycles. The number of aliphatic carboxylic acids is 1. The number of aryl methyl sites for hydroxylation is 2. The number of rotatable bonds is 7. The topological polar surface area (TPSA) is 131 Å². The van der Waals surface area contributed by atoms with Crippen LogP contribution in [0.1, 0.15) is 25.1 Å². The van der Waals surface area contributed by atoms with E-state index in [9.17, 15) is 21.6 Å². The van der Waals surface area contributed by atoms with Crippen LogP contribution in [0.5, 0.6) is 5.88 Å². The molecule has 0 amide bonds. The van der Waals surface area contributed by atoms with E-state index in [4.69, 9.17) is 14.6 Å². The van der Waals surface area contributed by atoms with E-state index in [1.807, 2.05) is 26.8 Å². The number of aromatic nitrogens is 2. The van der Waals surface area contributed by atoms with Gasteiger partial charge in [-0.25, -0.2) is 23.2 Å². The quantitative estimate of drug-likeness (QED) is 0.374. The third kappa shape index (κ3) is 7.55. The Hall–Kier alpha value is -3.39. The Morgan fingerprint density at radius 3 is 2.39 bits per heavy atom. The standard InChI is InChI=1S/C20H24N4O3S2.C2HF3O2/c1-12(2)22-20-23-14(4)18(28-20)15-9-8-13(3)17(11-15)29(25,26)24-16-7-6-10-21-19(16)27-5;3-2(4,5)1(6)7/h6-12,24H,1-5H3,(H,22,23);(H,6,7). The van der Waals surface area contributed by atoms with E-state index >= 15 is 0 Å². The third-order valence-electron chi connectivity index (χ3n) is 4.40. The van der Waals surface area contributed by atoms with Gasteiger partial charge in [0.05, 0.1) is 22.6 Å². The predicted molar refractivity (Wildman–Crippen MR) is 131 cm³/mol. The van der Waals surface area contributed by atoms with Gasteiger partial charge in [-0.3, -0.25) is 4.72 Å². The summed E-state index contributed by atoms with van der Waals surface area (Å²) in [5.41, 5.74) is 2.59. The van der Waals surface area contributed by atoms with E-state index in [0.717, 1.165) is 21.3 Å². The Balaban J connectivity index is 0.000000572. The lowest BCUT2D eigenvalue weighted by Gasteiger charge is -2.13. The number of carboxylic acids is 1. The molecule has 0 fully saturated rings. The van der Waals surface area contributed by atoms with E-state index < -0.39 is 22.2 Å². The summed E-state index contributed by atoms with van der Waals surface area (Å²) in [7, 11) is -2.39. The van der Waals surface area contributed by atoms with Crippen LogP contribution in [0, 0.1) is 13.8 Å². The van der Waals surface area contributed by atoms with E-state index in [1.54, 1.807) is 31.2 Å². The molecule has 3 aromatic rings. The summed E-state index contributed by atoms with van der Waals surface area (Å²) in [5.74, 6) is -2.54. The summed E-state index contributed by atoms with van der Waals surface area (Å²) in [6.45, 7) is 7.78. The molecule has 0 spiro atoms. The van der Waals surface area contributed by atoms with Gasteiger partial charge in [0.15, 0.2) is 5.13 Å². The average molecular weight is 547 g/mol. The first kappa shape index (κ1) is 28.8. The number of ether oxygens (including phenoxy) is 1. The Morgan fingerprint density at radius 2 is 1.83 bits per heavy atom. The molecule has 3 N–H and O–H groups in total. The molecule has 14 heteroatoms. The molecule has 0 saturated heterocycles. The second kappa shape index (κ2) is 11.6. The SMILES string of the molecule is COc1ncccc1NS(=O)(=O)c1cc(-c2sc(NC(C)C)nc2C)ccc1C.O=C(O)C(F)(F)F. The van der Waals surface area contributed by atoms with Gasteiger partial charge in [0.1, 0.15) is 5.69 Å². The molecular weight excluding hydrogens is 521 g/mol. The number of anilines is 2.